The molecule has 0 aliphatic rings. The van der Waals surface area contributed by atoms with Gasteiger partial charge < -0.3 is 5.73 Å². The molecule has 0 fully saturated rings. The van der Waals surface area contributed by atoms with Gasteiger partial charge in [-0.3, -0.25) is 0 Å². The molecule has 1 aromatic rings. The van der Waals surface area contributed by atoms with Crippen LogP contribution in [0.25, 0.3) is 0 Å². The van der Waals surface area contributed by atoms with Crippen molar-refractivity contribution in [1.82, 2.24) is 0 Å². The maximum absolute atomic E-state index is 13.1. The molecule has 0 aliphatic carbocycles. The van der Waals surface area contributed by atoms with E-state index in [-0.39, 0.29) is 17.4 Å². The summed E-state index contributed by atoms with van der Waals surface area (Å²) in [5.74, 6) is -1.88. The average Bonchev–Trinajstić information content (AvgIpc) is 2.12. The van der Waals surface area contributed by atoms with Gasteiger partial charge >= 0.3 is 0 Å². The number of hydrogen-bond acceptors (Lipinski definition) is 1. The highest BCUT2D eigenvalue weighted by Crippen LogP contribution is 2.25. The van der Waals surface area contributed by atoms with Gasteiger partial charge in [-0.05, 0) is 12.1 Å². The second-order valence-electron chi connectivity index (χ2n) is 2.52. The van der Waals surface area contributed by atoms with E-state index in [1.54, 1.807) is 0 Å². The van der Waals surface area contributed by atoms with Crippen LogP contribution < -0.4 is 5.73 Å². The molecule has 1 nitrogen and oxygen atoms in total. The summed E-state index contributed by atoms with van der Waals surface area (Å²) in [6.07, 6.45) is 0. The van der Waals surface area contributed by atoms with Crippen molar-refractivity contribution in [2.45, 2.75) is 6.04 Å². The summed E-state index contributed by atoms with van der Waals surface area (Å²) < 4.78 is 38.1. The fourth-order valence-electron chi connectivity index (χ4n) is 0.960. The van der Waals surface area contributed by atoms with E-state index in [0.717, 1.165) is 12.1 Å². The maximum atomic E-state index is 13.1. The van der Waals surface area contributed by atoms with Crippen LogP contribution in [-0.4, -0.2) is 6.67 Å². The molecule has 0 aromatic heterocycles. The van der Waals surface area contributed by atoms with Gasteiger partial charge in [0.15, 0.2) is 0 Å². The minimum Gasteiger partial charge on any atom is -0.322 e. The Morgan fingerprint density at radius 1 is 1.36 bits per heavy atom. The van der Waals surface area contributed by atoms with Crippen molar-refractivity contribution in [1.29, 1.82) is 0 Å². The fourth-order valence-corrected chi connectivity index (χ4v) is 1.12. The number of hydrogen-bond donors (Lipinski definition) is 1. The first-order valence-electron chi connectivity index (χ1n) is 3.53. The molecule has 0 saturated carbocycles. The van der Waals surface area contributed by atoms with Crippen molar-refractivity contribution < 1.29 is 13.2 Å². The lowest BCUT2D eigenvalue weighted by atomic mass is 10.1. The number of rotatable bonds is 2. The van der Waals surface area contributed by atoms with Gasteiger partial charge in [0, 0.05) is 5.56 Å². The molecule has 0 heterocycles. The molecule has 14 heavy (non-hydrogen) atoms. The predicted octanol–water partition coefficient (Wildman–Crippen LogP) is 3.01. The Labute approximate surface area is 90.5 Å². The number of benzene rings is 1. The van der Waals surface area contributed by atoms with Crippen molar-refractivity contribution in [3.8, 4) is 0 Å². The van der Waals surface area contributed by atoms with Crippen LogP contribution in [0.5, 0.6) is 0 Å². The highest BCUT2D eigenvalue weighted by atomic mass is 35.5. The summed E-state index contributed by atoms with van der Waals surface area (Å²) in [5, 5.41) is -0.264. The second kappa shape index (κ2) is 5.44. The maximum Gasteiger partial charge on any atom is 0.149 e. The fraction of sp³-hybridized carbons (Fsp3) is 0.250. The molecule has 0 radical (unpaired) electrons. The summed E-state index contributed by atoms with van der Waals surface area (Å²) in [6.45, 7) is -1.03. The summed E-state index contributed by atoms with van der Waals surface area (Å²) in [4.78, 5) is 0. The minimum absolute atomic E-state index is 0. The Bertz CT molecular complexity index is 320. The molecule has 80 valence electrons. The predicted molar refractivity (Wildman–Crippen MR) is 51.5 cm³/mol. The quantitative estimate of drug-likeness (QED) is 0.797. The van der Waals surface area contributed by atoms with E-state index in [4.69, 9.17) is 17.3 Å². The first-order chi connectivity index (χ1) is 6.07. The molecule has 0 saturated heterocycles. The molecule has 0 amide bonds. The van der Waals surface area contributed by atoms with Gasteiger partial charge in [0.2, 0.25) is 0 Å². The molecule has 1 rings (SSSR count). The Balaban J connectivity index is 0.00000169. The topological polar surface area (TPSA) is 26.0 Å². The van der Waals surface area contributed by atoms with E-state index in [0.29, 0.717) is 0 Å². The molecule has 6 heteroatoms. The van der Waals surface area contributed by atoms with Crippen LogP contribution in [0.15, 0.2) is 12.1 Å². The van der Waals surface area contributed by atoms with Gasteiger partial charge in [-0.1, -0.05) is 11.6 Å². The van der Waals surface area contributed by atoms with Gasteiger partial charge in [0.1, 0.15) is 18.3 Å². The molecular formula is C8H8Cl2F3N. The highest BCUT2D eigenvalue weighted by Gasteiger charge is 2.18. The largest absolute Gasteiger partial charge is 0.322 e. The highest BCUT2D eigenvalue weighted by molar-refractivity contribution is 6.30. The van der Waals surface area contributed by atoms with Crippen molar-refractivity contribution in [3.63, 3.8) is 0 Å². The zero-order chi connectivity index (χ0) is 10.0. The lowest BCUT2D eigenvalue weighted by Crippen LogP contribution is -2.16. The summed E-state index contributed by atoms with van der Waals surface area (Å²) in [7, 11) is 0. The number of halogens is 5. The van der Waals surface area contributed by atoms with Crippen molar-refractivity contribution in [2.75, 3.05) is 6.67 Å². The van der Waals surface area contributed by atoms with Crippen LogP contribution in [0.3, 0.4) is 0 Å². The van der Waals surface area contributed by atoms with E-state index >= 15 is 0 Å². The zero-order valence-corrected chi connectivity index (χ0v) is 8.51. The standard InChI is InChI=1S/C8H7ClF3N.ClH/c9-4-1-2-5(11)7(8(4)12)6(13)3-10;/h1-2,6H,3,13H2;1H/t6-;/m1./s1. The first kappa shape index (κ1) is 13.5. The minimum atomic E-state index is -1.31. The van der Waals surface area contributed by atoms with E-state index in [1.807, 2.05) is 0 Å². The summed E-state index contributed by atoms with van der Waals surface area (Å²) in [5.41, 5.74) is 4.65. The Morgan fingerprint density at radius 3 is 2.43 bits per heavy atom. The van der Waals surface area contributed by atoms with Gasteiger partial charge in [0.05, 0.1) is 11.1 Å². The van der Waals surface area contributed by atoms with Crippen molar-refractivity contribution in [2.24, 2.45) is 5.73 Å². The van der Waals surface area contributed by atoms with Gasteiger partial charge in [-0.2, -0.15) is 0 Å². The zero-order valence-electron chi connectivity index (χ0n) is 6.94. The smallest absolute Gasteiger partial charge is 0.149 e. The molecule has 1 aromatic carbocycles. The molecule has 2 N–H and O–H groups in total. The average molecular weight is 246 g/mol. The summed E-state index contributed by atoms with van der Waals surface area (Å²) in [6, 6.07) is 0.704. The molecule has 1 atom stereocenters. The van der Waals surface area contributed by atoms with E-state index in [9.17, 15) is 13.2 Å². The third kappa shape index (κ3) is 2.53. The first-order valence-corrected chi connectivity index (χ1v) is 3.90. The third-order valence-corrected chi connectivity index (χ3v) is 1.91. The monoisotopic (exact) mass is 245 g/mol. The van der Waals surface area contributed by atoms with E-state index in [2.05, 4.69) is 0 Å². The Morgan fingerprint density at radius 2 is 1.93 bits per heavy atom. The van der Waals surface area contributed by atoms with Gasteiger partial charge in [-0.25, -0.2) is 13.2 Å². The number of nitrogens with two attached hydrogens (primary N) is 1. The van der Waals surface area contributed by atoms with Crippen LogP contribution in [0.4, 0.5) is 13.2 Å². The van der Waals surface area contributed by atoms with Gasteiger partial charge in [0.25, 0.3) is 0 Å². The molecule has 0 unspecified atom stereocenters. The second-order valence-corrected chi connectivity index (χ2v) is 2.92. The van der Waals surface area contributed by atoms with Crippen LogP contribution in [0.1, 0.15) is 11.6 Å². The number of alkyl halides is 1. The normalized spacial score (nSPS) is 12.1. The van der Waals surface area contributed by atoms with Crippen molar-refractivity contribution in [3.05, 3.63) is 34.4 Å². The summed E-state index contributed by atoms with van der Waals surface area (Å²) >= 11 is 5.37. The Hall–Kier alpha value is -0.450. The lowest BCUT2D eigenvalue weighted by molar-refractivity contribution is 0.413. The SMILES string of the molecule is Cl.N[C@H](CF)c1c(F)ccc(Cl)c1F. The van der Waals surface area contributed by atoms with E-state index in [1.165, 1.54) is 0 Å². The van der Waals surface area contributed by atoms with Crippen LogP contribution in [-0.2, 0) is 0 Å². The third-order valence-electron chi connectivity index (χ3n) is 1.62. The molecular weight excluding hydrogens is 238 g/mol. The van der Waals surface area contributed by atoms with Gasteiger partial charge in [-0.15, -0.1) is 12.4 Å². The Kier molecular flexibility index (Phi) is 5.26. The molecule has 0 spiro atoms. The van der Waals surface area contributed by atoms with Crippen LogP contribution in [0, 0.1) is 11.6 Å². The molecule has 0 bridgehead atoms. The van der Waals surface area contributed by atoms with Crippen LogP contribution in [0.2, 0.25) is 5.02 Å². The molecule has 0 aliphatic heterocycles. The lowest BCUT2D eigenvalue weighted by Gasteiger charge is -2.10. The van der Waals surface area contributed by atoms with Crippen LogP contribution >= 0.6 is 24.0 Å². The van der Waals surface area contributed by atoms with Crippen molar-refractivity contribution >= 4 is 24.0 Å². The van der Waals surface area contributed by atoms with E-state index < -0.39 is 29.9 Å².